The third kappa shape index (κ3) is 3.80. The first-order valence-corrected chi connectivity index (χ1v) is 9.77. The number of hydrogen-bond donors (Lipinski definition) is 0. The van der Waals surface area contributed by atoms with Crippen LogP contribution in [-0.4, -0.2) is 49.3 Å². The van der Waals surface area contributed by atoms with Crippen molar-refractivity contribution in [2.75, 3.05) is 32.9 Å². The third-order valence-corrected chi connectivity index (χ3v) is 5.48. The summed E-state index contributed by atoms with van der Waals surface area (Å²) < 4.78 is 17.5. The van der Waals surface area contributed by atoms with E-state index in [1.165, 1.54) is 5.56 Å². The predicted molar refractivity (Wildman–Crippen MR) is 103 cm³/mol. The van der Waals surface area contributed by atoms with Crippen LogP contribution in [0.5, 0.6) is 0 Å². The van der Waals surface area contributed by atoms with Crippen LogP contribution in [0.3, 0.4) is 0 Å². The molecule has 1 unspecified atom stereocenters. The van der Waals surface area contributed by atoms with Crippen LogP contribution in [0.1, 0.15) is 48.7 Å². The number of nitrogens with zero attached hydrogens (tertiary/aromatic N) is 1. The van der Waals surface area contributed by atoms with Crippen LogP contribution in [0.25, 0.3) is 11.3 Å². The molecule has 4 rings (SSSR count). The summed E-state index contributed by atoms with van der Waals surface area (Å²) in [4.78, 5) is 14.8. The van der Waals surface area contributed by atoms with E-state index in [1.54, 1.807) is 6.07 Å². The van der Waals surface area contributed by atoms with Crippen LogP contribution >= 0.6 is 0 Å². The Balaban J connectivity index is 1.51. The van der Waals surface area contributed by atoms with E-state index in [1.807, 2.05) is 23.1 Å². The van der Waals surface area contributed by atoms with Crippen molar-refractivity contribution < 1.29 is 18.7 Å². The molecule has 1 atom stereocenters. The molecule has 1 amide bonds. The van der Waals surface area contributed by atoms with Gasteiger partial charge in [0, 0.05) is 18.7 Å². The Hall–Kier alpha value is -2.11. The molecule has 0 bridgehead atoms. The van der Waals surface area contributed by atoms with Gasteiger partial charge in [0.25, 0.3) is 5.91 Å². The Bertz CT molecular complexity index is 799. The lowest BCUT2D eigenvalue weighted by Gasteiger charge is -2.44. The van der Waals surface area contributed by atoms with Crippen LogP contribution in [0.2, 0.25) is 0 Å². The summed E-state index contributed by atoms with van der Waals surface area (Å²) in [7, 11) is 0. The van der Waals surface area contributed by atoms with Gasteiger partial charge < -0.3 is 18.8 Å². The second-order valence-electron chi connectivity index (χ2n) is 7.86. The summed E-state index contributed by atoms with van der Waals surface area (Å²) >= 11 is 0. The molecule has 0 N–H and O–H groups in total. The highest BCUT2D eigenvalue weighted by molar-refractivity contribution is 5.92. The van der Waals surface area contributed by atoms with E-state index in [4.69, 9.17) is 13.9 Å². The molecular formula is C22H27NO4. The molecule has 3 heterocycles. The number of furan rings is 1. The first kappa shape index (κ1) is 18.3. The van der Waals surface area contributed by atoms with Gasteiger partial charge in [0.15, 0.2) is 5.76 Å². The number of rotatable bonds is 3. The van der Waals surface area contributed by atoms with Crippen LogP contribution in [0.15, 0.2) is 40.8 Å². The van der Waals surface area contributed by atoms with Crippen molar-refractivity contribution in [3.8, 4) is 11.3 Å². The molecule has 2 saturated heterocycles. The van der Waals surface area contributed by atoms with Gasteiger partial charge in [0.1, 0.15) is 11.4 Å². The predicted octanol–water partition coefficient (Wildman–Crippen LogP) is 4.09. The molecule has 27 heavy (non-hydrogen) atoms. The molecular weight excluding hydrogens is 342 g/mol. The minimum absolute atomic E-state index is 0.0745. The van der Waals surface area contributed by atoms with Gasteiger partial charge in [-0.15, -0.1) is 0 Å². The second-order valence-corrected chi connectivity index (χ2v) is 7.86. The number of carbonyl (C=O) groups excluding carboxylic acids is 1. The van der Waals surface area contributed by atoms with Crippen molar-refractivity contribution in [1.82, 2.24) is 4.90 Å². The second kappa shape index (κ2) is 7.49. The minimum atomic E-state index is -0.354. The molecule has 2 aliphatic heterocycles. The Kier molecular flexibility index (Phi) is 5.06. The highest BCUT2D eigenvalue weighted by Gasteiger charge is 2.40. The molecule has 1 aromatic heterocycles. The molecule has 2 aromatic rings. The van der Waals surface area contributed by atoms with Crippen molar-refractivity contribution >= 4 is 5.91 Å². The number of carbonyl (C=O) groups is 1. The SMILES string of the molecule is CC(C)c1cccc(-c2ccc(C(=O)N3CCOC4(CCCOC4)C3)o2)c1. The van der Waals surface area contributed by atoms with Gasteiger partial charge >= 0.3 is 0 Å². The number of amides is 1. The molecule has 1 aromatic carbocycles. The molecule has 5 heteroatoms. The summed E-state index contributed by atoms with van der Waals surface area (Å²) in [6.45, 7) is 7.35. The van der Waals surface area contributed by atoms with E-state index in [9.17, 15) is 4.79 Å². The zero-order chi connectivity index (χ0) is 18.9. The number of benzene rings is 1. The van der Waals surface area contributed by atoms with E-state index in [0.717, 1.165) is 30.8 Å². The number of ether oxygens (including phenoxy) is 2. The summed E-state index contributed by atoms with van der Waals surface area (Å²) in [5.41, 5.74) is 1.90. The van der Waals surface area contributed by atoms with Crippen LogP contribution in [0.4, 0.5) is 0 Å². The maximum atomic E-state index is 13.0. The quantitative estimate of drug-likeness (QED) is 0.818. The normalized spacial score (nSPS) is 23.1. The molecule has 0 radical (unpaired) electrons. The molecule has 0 saturated carbocycles. The van der Waals surface area contributed by atoms with Gasteiger partial charge in [-0.2, -0.15) is 0 Å². The highest BCUT2D eigenvalue weighted by atomic mass is 16.5. The van der Waals surface area contributed by atoms with Gasteiger partial charge in [-0.1, -0.05) is 32.0 Å². The van der Waals surface area contributed by atoms with Crippen LogP contribution < -0.4 is 0 Å². The average molecular weight is 369 g/mol. The fourth-order valence-electron chi connectivity index (χ4n) is 3.90. The van der Waals surface area contributed by atoms with Crippen LogP contribution in [0, 0.1) is 0 Å². The molecule has 2 fully saturated rings. The molecule has 144 valence electrons. The van der Waals surface area contributed by atoms with Crippen molar-refractivity contribution in [2.45, 2.75) is 38.2 Å². The van der Waals surface area contributed by atoms with Crippen molar-refractivity contribution in [2.24, 2.45) is 0 Å². The molecule has 2 aliphatic rings. The van der Waals surface area contributed by atoms with Gasteiger partial charge in [0.2, 0.25) is 0 Å². The smallest absolute Gasteiger partial charge is 0.289 e. The summed E-state index contributed by atoms with van der Waals surface area (Å²) in [5.74, 6) is 1.48. The lowest BCUT2D eigenvalue weighted by molar-refractivity contribution is -0.161. The summed E-state index contributed by atoms with van der Waals surface area (Å²) in [6, 6.07) is 11.9. The fourth-order valence-corrected chi connectivity index (χ4v) is 3.90. The maximum absolute atomic E-state index is 13.0. The Labute approximate surface area is 160 Å². The zero-order valence-electron chi connectivity index (χ0n) is 16.1. The average Bonchev–Trinajstić information content (AvgIpc) is 3.18. The van der Waals surface area contributed by atoms with Gasteiger partial charge in [0.05, 0.1) is 19.8 Å². The monoisotopic (exact) mass is 369 g/mol. The lowest BCUT2D eigenvalue weighted by Crippen LogP contribution is -2.57. The van der Waals surface area contributed by atoms with E-state index in [0.29, 0.717) is 38.0 Å². The number of hydrogen-bond acceptors (Lipinski definition) is 4. The fraction of sp³-hybridized carbons (Fsp3) is 0.500. The summed E-state index contributed by atoms with van der Waals surface area (Å²) in [5, 5.41) is 0. The van der Waals surface area contributed by atoms with Crippen molar-refractivity contribution in [1.29, 1.82) is 0 Å². The molecule has 5 nitrogen and oxygen atoms in total. The topological polar surface area (TPSA) is 51.9 Å². The minimum Gasteiger partial charge on any atom is -0.451 e. The first-order chi connectivity index (χ1) is 13.1. The van der Waals surface area contributed by atoms with E-state index in [2.05, 4.69) is 26.0 Å². The number of morpholine rings is 1. The Morgan fingerprint density at radius 3 is 2.85 bits per heavy atom. The molecule has 1 spiro atoms. The van der Waals surface area contributed by atoms with Crippen molar-refractivity contribution in [3.05, 3.63) is 47.7 Å². The standard InChI is InChI=1S/C22H27NO4/c1-16(2)17-5-3-6-18(13-17)19-7-8-20(27-19)21(24)23-10-12-26-22(14-23)9-4-11-25-15-22/h3,5-8,13,16H,4,9-12,14-15H2,1-2H3. The highest BCUT2D eigenvalue weighted by Crippen LogP contribution is 2.30. The van der Waals surface area contributed by atoms with Crippen LogP contribution in [-0.2, 0) is 9.47 Å². The third-order valence-electron chi connectivity index (χ3n) is 5.48. The first-order valence-electron chi connectivity index (χ1n) is 9.77. The van der Waals surface area contributed by atoms with Gasteiger partial charge in [-0.3, -0.25) is 4.79 Å². The summed E-state index contributed by atoms with van der Waals surface area (Å²) in [6.07, 6.45) is 1.90. The van der Waals surface area contributed by atoms with E-state index >= 15 is 0 Å². The van der Waals surface area contributed by atoms with Crippen molar-refractivity contribution in [3.63, 3.8) is 0 Å². The largest absolute Gasteiger partial charge is 0.451 e. The zero-order valence-corrected chi connectivity index (χ0v) is 16.1. The van der Waals surface area contributed by atoms with Gasteiger partial charge in [-0.05, 0) is 42.5 Å². The Morgan fingerprint density at radius 1 is 1.19 bits per heavy atom. The maximum Gasteiger partial charge on any atom is 0.289 e. The lowest BCUT2D eigenvalue weighted by atomic mass is 9.94. The van der Waals surface area contributed by atoms with E-state index in [-0.39, 0.29) is 11.5 Å². The van der Waals surface area contributed by atoms with E-state index < -0.39 is 0 Å². The van der Waals surface area contributed by atoms with Gasteiger partial charge in [-0.25, -0.2) is 0 Å². The Morgan fingerprint density at radius 2 is 2.07 bits per heavy atom. The molecule has 0 aliphatic carbocycles.